The van der Waals surface area contributed by atoms with E-state index in [1.165, 1.54) is 32.1 Å². The van der Waals surface area contributed by atoms with Gasteiger partial charge in [-0.3, -0.25) is 0 Å². The lowest BCUT2D eigenvalue weighted by Crippen LogP contribution is -2.34. The second-order valence-electron chi connectivity index (χ2n) is 5.28. The molecule has 18 heavy (non-hydrogen) atoms. The van der Waals surface area contributed by atoms with E-state index in [4.69, 9.17) is 11.6 Å². The molecule has 2 rings (SSSR count). The van der Waals surface area contributed by atoms with Gasteiger partial charge in [-0.15, -0.1) is 0 Å². The molecule has 1 N–H and O–H groups in total. The highest BCUT2D eigenvalue weighted by atomic mass is 35.5. The Kier molecular flexibility index (Phi) is 5.02. The third-order valence-corrected chi connectivity index (χ3v) is 4.29. The summed E-state index contributed by atoms with van der Waals surface area (Å²) in [6.07, 6.45) is 6.63. The van der Waals surface area contributed by atoms with Crippen LogP contribution in [0.4, 0.5) is 4.39 Å². The molecule has 1 saturated carbocycles. The van der Waals surface area contributed by atoms with Crippen molar-refractivity contribution in [3.05, 3.63) is 34.6 Å². The maximum atomic E-state index is 13.7. The van der Waals surface area contributed by atoms with Crippen LogP contribution in [0.3, 0.4) is 0 Å². The summed E-state index contributed by atoms with van der Waals surface area (Å²) in [5.74, 6) is 0.448. The summed E-state index contributed by atoms with van der Waals surface area (Å²) in [4.78, 5) is 0. The Morgan fingerprint density at radius 3 is 2.78 bits per heavy atom. The van der Waals surface area contributed by atoms with Crippen molar-refractivity contribution in [1.29, 1.82) is 0 Å². The van der Waals surface area contributed by atoms with Crippen molar-refractivity contribution >= 4 is 11.6 Å². The van der Waals surface area contributed by atoms with Crippen LogP contribution < -0.4 is 5.32 Å². The second-order valence-corrected chi connectivity index (χ2v) is 5.69. The smallest absolute Gasteiger partial charge is 0.146 e. The van der Waals surface area contributed by atoms with E-state index in [9.17, 15) is 4.39 Å². The van der Waals surface area contributed by atoms with Gasteiger partial charge in [0.2, 0.25) is 0 Å². The first-order valence-electron chi connectivity index (χ1n) is 6.84. The predicted molar refractivity (Wildman–Crippen MR) is 74.3 cm³/mol. The molecule has 0 radical (unpaired) electrons. The summed E-state index contributed by atoms with van der Waals surface area (Å²) in [5.41, 5.74) is 0.658. The van der Waals surface area contributed by atoms with Gasteiger partial charge in [0.1, 0.15) is 5.82 Å². The van der Waals surface area contributed by atoms with Crippen LogP contribution >= 0.6 is 11.6 Å². The van der Waals surface area contributed by atoms with Crippen LogP contribution in [-0.2, 0) is 6.54 Å². The Balaban J connectivity index is 1.88. The Morgan fingerprint density at radius 2 is 2.06 bits per heavy atom. The fraction of sp³-hybridized carbons (Fsp3) is 0.600. The lowest BCUT2D eigenvalue weighted by molar-refractivity contribution is 0.280. The van der Waals surface area contributed by atoms with Gasteiger partial charge in [0, 0.05) is 18.2 Å². The third kappa shape index (κ3) is 3.46. The summed E-state index contributed by atoms with van der Waals surface area (Å²) < 4.78 is 13.7. The minimum absolute atomic E-state index is 0.208. The monoisotopic (exact) mass is 269 g/mol. The van der Waals surface area contributed by atoms with E-state index in [1.54, 1.807) is 18.2 Å². The largest absolute Gasteiger partial charge is 0.310 e. The van der Waals surface area contributed by atoms with Gasteiger partial charge in [0.25, 0.3) is 0 Å². The quantitative estimate of drug-likeness (QED) is 0.846. The highest BCUT2D eigenvalue weighted by Crippen LogP contribution is 2.26. The number of rotatable bonds is 4. The van der Waals surface area contributed by atoms with Crippen LogP contribution in [0.2, 0.25) is 5.02 Å². The highest BCUT2D eigenvalue weighted by molar-refractivity contribution is 6.30. The lowest BCUT2D eigenvalue weighted by atomic mass is 9.84. The summed E-state index contributed by atoms with van der Waals surface area (Å²) in [5, 5.41) is 3.65. The van der Waals surface area contributed by atoms with Gasteiger partial charge in [-0.25, -0.2) is 4.39 Å². The summed E-state index contributed by atoms with van der Waals surface area (Å²) in [7, 11) is 0. The standard InChI is InChI=1S/C15H21ClFN/c1-11(12-6-3-2-4-7-12)18-10-13-8-5-9-14(16)15(13)17/h5,8-9,11-12,18H,2-4,6-7,10H2,1H3/t11-/m1/s1. The Morgan fingerprint density at radius 1 is 1.33 bits per heavy atom. The molecule has 0 bridgehead atoms. The molecular formula is C15H21ClFN. The van der Waals surface area contributed by atoms with Crippen LogP contribution in [0.1, 0.15) is 44.6 Å². The molecule has 100 valence electrons. The van der Waals surface area contributed by atoms with Crippen LogP contribution in [0.15, 0.2) is 18.2 Å². The number of benzene rings is 1. The van der Waals surface area contributed by atoms with Crippen molar-refractivity contribution in [2.75, 3.05) is 0 Å². The Bertz CT molecular complexity index is 388. The Hall–Kier alpha value is -0.600. The molecule has 0 unspecified atom stereocenters. The van der Waals surface area contributed by atoms with Gasteiger partial charge in [-0.05, 0) is 31.7 Å². The van der Waals surface area contributed by atoms with Gasteiger partial charge < -0.3 is 5.32 Å². The molecule has 0 aliphatic heterocycles. The van der Waals surface area contributed by atoms with Crippen molar-refractivity contribution in [2.45, 2.75) is 51.6 Å². The van der Waals surface area contributed by atoms with Crippen molar-refractivity contribution in [3.63, 3.8) is 0 Å². The van der Waals surface area contributed by atoms with Gasteiger partial charge in [0.15, 0.2) is 0 Å². The van der Waals surface area contributed by atoms with Crippen molar-refractivity contribution in [1.82, 2.24) is 5.32 Å². The average Bonchev–Trinajstić information content (AvgIpc) is 2.41. The zero-order valence-electron chi connectivity index (χ0n) is 10.9. The topological polar surface area (TPSA) is 12.0 Å². The van der Waals surface area contributed by atoms with Crippen molar-refractivity contribution in [3.8, 4) is 0 Å². The Labute approximate surface area is 114 Å². The molecular weight excluding hydrogens is 249 g/mol. The average molecular weight is 270 g/mol. The normalized spacial score (nSPS) is 18.8. The molecule has 1 atom stereocenters. The summed E-state index contributed by atoms with van der Waals surface area (Å²) >= 11 is 5.78. The predicted octanol–water partition coefficient (Wildman–Crippen LogP) is 4.54. The van der Waals surface area contributed by atoms with E-state index in [2.05, 4.69) is 12.2 Å². The third-order valence-electron chi connectivity index (χ3n) is 4.00. The second kappa shape index (κ2) is 6.53. The maximum absolute atomic E-state index is 13.7. The molecule has 3 heteroatoms. The molecule has 0 spiro atoms. The maximum Gasteiger partial charge on any atom is 0.146 e. The first-order valence-corrected chi connectivity index (χ1v) is 7.22. The van der Waals surface area contributed by atoms with Crippen LogP contribution in [0.5, 0.6) is 0 Å². The van der Waals surface area contributed by atoms with E-state index >= 15 is 0 Å². The molecule has 1 aromatic rings. The first kappa shape index (κ1) is 13.8. The number of halogens is 2. The van der Waals surface area contributed by atoms with E-state index in [0.717, 1.165) is 5.92 Å². The first-order chi connectivity index (χ1) is 8.68. The van der Waals surface area contributed by atoms with Gasteiger partial charge in [-0.1, -0.05) is 43.0 Å². The zero-order chi connectivity index (χ0) is 13.0. The zero-order valence-corrected chi connectivity index (χ0v) is 11.6. The molecule has 1 fully saturated rings. The van der Waals surface area contributed by atoms with E-state index < -0.39 is 0 Å². The number of hydrogen-bond acceptors (Lipinski definition) is 1. The molecule has 0 amide bonds. The fourth-order valence-electron chi connectivity index (χ4n) is 2.76. The highest BCUT2D eigenvalue weighted by Gasteiger charge is 2.19. The molecule has 0 aromatic heterocycles. The van der Waals surface area contributed by atoms with Gasteiger partial charge >= 0.3 is 0 Å². The molecule has 1 nitrogen and oxygen atoms in total. The summed E-state index contributed by atoms with van der Waals surface area (Å²) in [6, 6.07) is 5.63. The van der Waals surface area contributed by atoms with E-state index in [1.807, 2.05) is 0 Å². The van der Waals surface area contributed by atoms with Crippen LogP contribution in [-0.4, -0.2) is 6.04 Å². The molecule has 1 aliphatic carbocycles. The van der Waals surface area contributed by atoms with Crippen LogP contribution in [0, 0.1) is 11.7 Å². The molecule has 0 heterocycles. The fourth-order valence-corrected chi connectivity index (χ4v) is 2.95. The van der Waals surface area contributed by atoms with Crippen LogP contribution in [0.25, 0.3) is 0 Å². The number of hydrogen-bond donors (Lipinski definition) is 1. The molecule has 1 aromatic carbocycles. The molecule has 0 saturated heterocycles. The molecule has 1 aliphatic rings. The number of nitrogens with one attached hydrogen (secondary N) is 1. The van der Waals surface area contributed by atoms with E-state index in [-0.39, 0.29) is 10.8 Å². The van der Waals surface area contributed by atoms with Crippen molar-refractivity contribution in [2.24, 2.45) is 5.92 Å². The summed E-state index contributed by atoms with van der Waals surface area (Å²) in [6.45, 7) is 2.77. The SMILES string of the molecule is C[C@@H](NCc1cccc(Cl)c1F)C1CCCCC1. The minimum Gasteiger partial charge on any atom is -0.310 e. The van der Waals surface area contributed by atoms with Crippen molar-refractivity contribution < 1.29 is 4.39 Å². The van der Waals surface area contributed by atoms with Gasteiger partial charge in [0.05, 0.1) is 5.02 Å². The lowest BCUT2D eigenvalue weighted by Gasteiger charge is -2.28. The van der Waals surface area contributed by atoms with E-state index in [0.29, 0.717) is 18.2 Å². The van der Waals surface area contributed by atoms with Gasteiger partial charge in [-0.2, -0.15) is 0 Å². The minimum atomic E-state index is -0.289.